The summed E-state index contributed by atoms with van der Waals surface area (Å²) < 4.78 is 10.3. The number of ether oxygens (including phenoxy) is 2. The van der Waals surface area contributed by atoms with Crippen molar-refractivity contribution in [2.75, 3.05) is 14.2 Å². The summed E-state index contributed by atoms with van der Waals surface area (Å²) in [5.74, 6) is 0.822. The van der Waals surface area contributed by atoms with Crippen LogP contribution in [0.25, 0.3) is 10.9 Å². The molecule has 2 rings (SSSR count). The fourth-order valence-electron chi connectivity index (χ4n) is 1.88. The fraction of sp³-hybridized carbons (Fsp3) is 0.308. The standard InChI is InChI=1S/C13H14N2O4/c1-18-9-5-3-4-8-11(9)14-12(15-13(8)17)10(19-2)6-7-16/h3-5,7,10H,6H2,1-2H3,(H,14,15,17). The number of aromatic amines is 1. The third-order valence-corrected chi connectivity index (χ3v) is 2.84. The van der Waals surface area contributed by atoms with Gasteiger partial charge in [-0.15, -0.1) is 0 Å². The average Bonchev–Trinajstić information content (AvgIpc) is 2.44. The van der Waals surface area contributed by atoms with E-state index >= 15 is 0 Å². The highest BCUT2D eigenvalue weighted by molar-refractivity contribution is 5.83. The Morgan fingerprint density at radius 2 is 2.21 bits per heavy atom. The number of aldehydes is 1. The molecule has 6 nitrogen and oxygen atoms in total. The first-order valence-electron chi connectivity index (χ1n) is 5.74. The van der Waals surface area contributed by atoms with Crippen molar-refractivity contribution in [3.8, 4) is 5.75 Å². The van der Waals surface area contributed by atoms with Gasteiger partial charge in [-0.3, -0.25) is 4.79 Å². The van der Waals surface area contributed by atoms with Gasteiger partial charge in [-0.2, -0.15) is 0 Å². The second-order valence-corrected chi connectivity index (χ2v) is 3.93. The Kier molecular flexibility index (Phi) is 3.91. The summed E-state index contributed by atoms with van der Waals surface area (Å²) in [5, 5.41) is 0.434. The Hall–Kier alpha value is -2.21. The van der Waals surface area contributed by atoms with Crippen LogP contribution in [-0.4, -0.2) is 30.5 Å². The predicted octanol–water partition coefficient (Wildman–Crippen LogP) is 1.21. The van der Waals surface area contributed by atoms with E-state index in [2.05, 4.69) is 9.97 Å². The van der Waals surface area contributed by atoms with Crippen molar-refractivity contribution < 1.29 is 14.3 Å². The van der Waals surface area contributed by atoms with Gasteiger partial charge >= 0.3 is 0 Å². The van der Waals surface area contributed by atoms with Crippen LogP contribution in [0.3, 0.4) is 0 Å². The van der Waals surface area contributed by atoms with Gasteiger partial charge in [0.15, 0.2) is 0 Å². The van der Waals surface area contributed by atoms with Crippen LogP contribution < -0.4 is 10.3 Å². The minimum Gasteiger partial charge on any atom is -0.494 e. The SMILES string of the molecule is COc1cccc2c(=O)[nH]c(C(CC=O)OC)nc12. The van der Waals surface area contributed by atoms with E-state index in [-0.39, 0.29) is 12.0 Å². The summed E-state index contributed by atoms with van der Waals surface area (Å²) in [6.07, 6.45) is 0.278. The molecule has 1 atom stereocenters. The molecule has 1 N–H and O–H groups in total. The van der Waals surface area contributed by atoms with Crippen LogP contribution in [0.15, 0.2) is 23.0 Å². The number of nitrogens with one attached hydrogen (secondary N) is 1. The minimum atomic E-state index is -0.570. The van der Waals surface area contributed by atoms with Gasteiger partial charge in [0, 0.05) is 13.5 Å². The van der Waals surface area contributed by atoms with Crippen LogP contribution in [0.1, 0.15) is 18.3 Å². The Balaban J connectivity index is 2.65. The van der Waals surface area contributed by atoms with Crippen LogP contribution in [0, 0.1) is 0 Å². The van der Waals surface area contributed by atoms with Crippen molar-refractivity contribution in [3.63, 3.8) is 0 Å². The van der Waals surface area contributed by atoms with Crippen molar-refractivity contribution in [2.24, 2.45) is 0 Å². The summed E-state index contributed by atoms with van der Waals surface area (Å²) in [5.41, 5.74) is 0.170. The highest BCUT2D eigenvalue weighted by Gasteiger charge is 2.16. The summed E-state index contributed by atoms with van der Waals surface area (Å²) in [7, 11) is 2.97. The van der Waals surface area contributed by atoms with E-state index in [0.29, 0.717) is 22.5 Å². The van der Waals surface area contributed by atoms with Gasteiger partial charge in [0.2, 0.25) is 0 Å². The molecular formula is C13H14N2O4. The maximum atomic E-state index is 12.0. The maximum absolute atomic E-state index is 12.0. The molecule has 1 aromatic carbocycles. The zero-order chi connectivity index (χ0) is 13.8. The number of hydrogen-bond acceptors (Lipinski definition) is 5. The van der Waals surface area contributed by atoms with Gasteiger partial charge in [0.05, 0.1) is 12.5 Å². The Morgan fingerprint density at radius 1 is 1.42 bits per heavy atom. The van der Waals surface area contributed by atoms with Gasteiger partial charge in [0.25, 0.3) is 5.56 Å². The van der Waals surface area contributed by atoms with Crippen molar-refractivity contribution in [3.05, 3.63) is 34.4 Å². The van der Waals surface area contributed by atoms with Gasteiger partial charge < -0.3 is 19.3 Å². The van der Waals surface area contributed by atoms with Gasteiger partial charge in [-0.05, 0) is 12.1 Å². The molecule has 1 unspecified atom stereocenters. The van der Waals surface area contributed by atoms with Gasteiger partial charge in [-0.25, -0.2) is 4.98 Å². The molecule has 100 valence electrons. The molecule has 0 amide bonds. The van der Waals surface area contributed by atoms with Crippen molar-refractivity contribution in [1.82, 2.24) is 9.97 Å². The second kappa shape index (κ2) is 5.62. The van der Waals surface area contributed by atoms with E-state index in [1.165, 1.54) is 14.2 Å². The van der Waals surface area contributed by atoms with Crippen molar-refractivity contribution >= 4 is 17.2 Å². The monoisotopic (exact) mass is 262 g/mol. The minimum absolute atomic E-state index is 0.125. The third kappa shape index (κ3) is 2.48. The van der Waals surface area contributed by atoms with E-state index < -0.39 is 6.10 Å². The van der Waals surface area contributed by atoms with Crippen molar-refractivity contribution in [1.29, 1.82) is 0 Å². The highest BCUT2D eigenvalue weighted by Crippen LogP contribution is 2.23. The number of rotatable bonds is 5. The Morgan fingerprint density at radius 3 is 2.84 bits per heavy atom. The number of fused-ring (bicyclic) bond motifs is 1. The number of carbonyl (C=O) groups is 1. The quantitative estimate of drug-likeness (QED) is 0.819. The van der Waals surface area contributed by atoms with E-state index in [1.54, 1.807) is 18.2 Å². The molecule has 1 aromatic heterocycles. The molecule has 0 fully saturated rings. The lowest BCUT2D eigenvalue weighted by atomic mass is 10.2. The van der Waals surface area contributed by atoms with Crippen LogP contribution >= 0.6 is 0 Å². The van der Waals surface area contributed by atoms with Crippen molar-refractivity contribution in [2.45, 2.75) is 12.5 Å². The second-order valence-electron chi connectivity index (χ2n) is 3.93. The number of aromatic nitrogens is 2. The predicted molar refractivity (Wildman–Crippen MR) is 69.3 cm³/mol. The molecule has 1 heterocycles. The molecular weight excluding hydrogens is 248 g/mol. The third-order valence-electron chi connectivity index (χ3n) is 2.84. The lowest BCUT2D eigenvalue weighted by molar-refractivity contribution is -0.110. The van der Waals surface area contributed by atoms with Crippen LogP contribution in [0.4, 0.5) is 0 Å². The normalized spacial score (nSPS) is 12.3. The number of hydrogen-bond donors (Lipinski definition) is 1. The molecule has 0 aliphatic heterocycles. The van der Waals surface area contributed by atoms with Crippen LogP contribution in [0.2, 0.25) is 0 Å². The molecule has 19 heavy (non-hydrogen) atoms. The Labute approximate surface area is 109 Å². The molecule has 0 spiro atoms. The molecule has 0 saturated carbocycles. The molecule has 0 radical (unpaired) electrons. The fourth-order valence-corrected chi connectivity index (χ4v) is 1.88. The first-order valence-corrected chi connectivity index (χ1v) is 5.74. The summed E-state index contributed by atoms with van der Waals surface area (Å²) in [6, 6.07) is 5.10. The average molecular weight is 262 g/mol. The summed E-state index contributed by atoms with van der Waals surface area (Å²) in [4.78, 5) is 29.6. The Bertz CT molecular complexity index is 651. The number of carbonyl (C=O) groups excluding carboxylic acids is 1. The van der Waals surface area contributed by atoms with Crippen LogP contribution in [0.5, 0.6) is 5.75 Å². The zero-order valence-corrected chi connectivity index (χ0v) is 10.7. The lowest BCUT2D eigenvalue weighted by Crippen LogP contribution is -2.16. The summed E-state index contributed by atoms with van der Waals surface area (Å²) >= 11 is 0. The maximum Gasteiger partial charge on any atom is 0.258 e. The van der Waals surface area contributed by atoms with E-state index in [0.717, 1.165) is 6.29 Å². The first-order chi connectivity index (χ1) is 9.21. The number of methoxy groups -OCH3 is 2. The van der Waals surface area contributed by atoms with E-state index in [4.69, 9.17) is 9.47 Å². The number of nitrogens with zero attached hydrogens (tertiary/aromatic N) is 1. The molecule has 0 aliphatic rings. The van der Waals surface area contributed by atoms with E-state index in [1.807, 2.05) is 0 Å². The summed E-state index contributed by atoms with van der Waals surface area (Å²) in [6.45, 7) is 0. The molecule has 0 saturated heterocycles. The highest BCUT2D eigenvalue weighted by atomic mass is 16.5. The molecule has 0 bridgehead atoms. The number of H-pyrrole nitrogens is 1. The zero-order valence-electron chi connectivity index (χ0n) is 10.7. The lowest BCUT2D eigenvalue weighted by Gasteiger charge is -2.12. The molecule has 6 heteroatoms. The van der Waals surface area contributed by atoms with Crippen LogP contribution in [-0.2, 0) is 9.53 Å². The largest absolute Gasteiger partial charge is 0.494 e. The van der Waals surface area contributed by atoms with Gasteiger partial charge in [-0.1, -0.05) is 6.07 Å². The number of para-hydroxylation sites is 1. The van der Waals surface area contributed by atoms with E-state index in [9.17, 15) is 9.59 Å². The molecule has 0 aliphatic carbocycles. The topological polar surface area (TPSA) is 81.3 Å². The molecule has 2 aromatic rings. The number of benzene rings is 1. The first kappa shape index (κ1) is 13.2. The smallest absolute Gasteiger partial charge is 0.258 e. The van der Waals surface area contributed by atoms with Gasteiger partial charge in [0.1, 0.15) is 29.5 Å².